The summed E-state index contributed by atoms with van der Waals surface area (Å²) < 4.78 is 21.2. The second-order valence-electron chi connectivity index (χ2n) is 0.434. The minimum atomic E-state index is -1.71. The molecule has 0 amide bonds. The van der Waals surface area contributed by atoms with E-state index in [0.717, 1.165) is 0 Å². The second kappa shape index (κ2) is 2.08. The molecule has 0 aromatic rings. The van der Waals surface area contributed by atoms with Gasteiger partial charge in [0.25, 0.3) is 0 Å². The van der Waals surface area contributed by atoms with Crippen molar-refractivity contribution in [1.82, 2.24) is 0 Å². The van der Waals surface area contributed by atoms with Crippen molar-refractivity contribution in [3.05, 3.63) is 11.8 Å². The minimum absolute atomic E-state index is 0.556. The first-order valence-electron chi connectivity index (χ1n) is 0.955. The van der Waals surface area contributed by atoms with Crippen molar-refractivity contribution in [2.45, 2.75) is 0 Å². The molecular formula is C2HF2Si+. The molecule has 0 aromatic heterocycles. The van der Waals surface area contributed by atoms with Crippen LogP contribution in [0.3, 0.4) is 0 Å². The predicted octanol–water partition coefficient (Wildman–Crippen LogP) is 0.893. The van der Waals surface area contributed by atoms with Gasteiger partial charge in [0.15, 0.2) is 5.70 Å². The highest BCUT2D eigenvalue weighted by Gasteiger charge is 1.89. The Bertz CT molecular complexity index is 45.6. The lowest BCUT2D eigenvalue weighted by Crippen LogP contribution is -1.51. The van der Waals surface area contributed by atoms with Gasteiger partial charge in [0.1, 0.15) is 0 Å². The Morgan fingerprint density at radius 1 is 1.60 bits per heavy atom. The molecule has 0 unspecified atom stereocenters. The highest BCUT2D eigenvalue weighted by Crippen LogP contribution is 1.90. The average molecular weight is 91.1 g/mol. The maximum atomic E-state index is 10.6. The molecule has 0 saturated heterocycles. The SMILES string of the molecule is FC(F)=C[Si+]. The summed E-state index contributed by atoms with van der Waals surface area (Å²) in [5, 5.41) is 0. The van der Waals surface area contributed by atoms with Gasteiger partial charge in [0.2, 0.25) is 0 Å². The lowest BCUT2D eigenvalue weighted by Gasteiger charge is -1.54. The zero-order valence-corrected chi connectivity index (χ0v) is 3.33. The monoisotopic (exact) mass is 91.0 g/mol. The van der Waals surface area contributed by atoms with Crippen molar-refractivity contribution >= 4 is 10.2 Å². The molecule has 0 fully saturated rings. The Labute approximate surface area is 31.9 Å². The molecule has 0 aliphatic heterocycles. The fraction of sp³-hybridized carbons (Fsp3) is 0. The maximum Gasteiger partial charge on any atom is 0.751 e. The predicted molar refractivity (Wildman–Crippen MR) is 16.1 cm³/mol. The van der Waals surface area contributed by atoms with Gasteiger partial charge >= 0.3 is 16.3 Å². The molecule has 0 aromatic carbocycles. The molecule has 0 atom stereocenters. The molecule has 0 heterocycles. The van der Waals surface area contributed by atoms with E-state index in [4.69, 9.17) is 0 Å². The topological polar surface area (TPSA) is 0 Å². The third-order valence-electron chi connectivity index (χ3n) is 0.109. The van der Waals surface area contributed by atoms with Crippen molar-refractivity contribution in [1.29, 1.82) is 0 Å². The summed E-state index contributed by atoms with van der Waals surface area (Å²) >= 11 is 0. The summed E-state index contributed by atoms with van der Waals surface area (Å²) in [5.74, 6) is 0. The molecule has 0 aliphatic rings. The van der Waals surface area contributed by atoms with Gasteiger partial charge in [0.05, 0.1) is 0 Å². The summed E-state index contributed by atoms with van der Waals surface area (Å²) in [6.07, 6.45) is -1.71. The van der Waals surface area contributed by atoms with E-state index in [1.54, 1.807) is 0 Å². The smallest absolute Gasteiger partial charge is 0.170 e. The van der Waals surface area contributed by atoms with Crippen molar-refractivity contribution in [2.24, 2.45) is 0 Å². The molecular weight excluding hydrogens is 90.1 g/mol. The van der Waals surface area contributed by atoms with Crippen LogP contribution in [-0.4, -0.2) is 10.2 Å². The van der Waals surface area contributed by atoms with E-state index < -0.39 is 6.08 Å². The standard InChI is InChI=1S/C2HF2Si/c3-2(4)1-5/h1H/q+1. The highest BCUT2D eigenvalue weighted by atomic mass is 28.1. The van der Waals surface area contributed by atoms with Crippen LogP contribution in [0.2, 0.25) is 0 Å². The van der Waals surface area contributed by atoms with Crippen molar-refractivity contribution in [2.75, 3.05) is 0 Å². The molecule has 0 spiro atoms. The molecule has 0 N–H and O–H groups in total. The Hall–Kier alpha value is -0.183. The average Bonchev–Trinajstić information content (AvgIpc) is 1.38. The van der Waals surface area contributed by atoms with E-state index in [2.05, 4.69) is 10.2 Å². The Morgan fingerprint density at radius 2 is 1.80 bits per heavy atom. The third kappa shape index (κ3) is 3.82. The quantitative estimate of drug-likeness (QED) is 0.388. The fourth-order valence-corrected chi connectivity index (χ4v) is 0. The molecule has 2 radical (unpaired) electrons. The summed E-state index contributed by atoms with van der Waals surface area (Å²) in [5.41, 5.74) is 0.556. The number of rotatable bonds is 0. The summed E-state index contributed by atoms with van der Waals surface area (Å²) in [7, 11) is 2.44. The molecule has 0 saturated carbocycles. The highest BCUT2D eigenvalue weighted by molar-refractivity contribution is 6.17. The van der Waals surface area contributed by atoms with Gasteiger partial charge in [-0.05, 0) is 0 Å². The molecule has 0 bridgehead atoms. The van der Waals surface area contributed by atoms with E-state index in [1.165, 1.54) is 0 Å². The molecule has 26 valence electrons. The second-order valence-corrected chi connectivity index (χ2v) is 0.723. The first-order valence-corrected chi connectivity index (χ1v) is 1.53. The Balaban J connectivity index is 3.14. The number of hydrogen-bond acceptors (Lipinski definition) is 0. The van der Waals surface area contributed by atoms with E-state index in [0.29, 0.717) is 5.70 Å². The van der Waals surface area contributed by atoms with Gasteiger partial charge in [-0.2, -0.15) is 8.78 Å². The van der Waals surface area contributed by atoms with Crippen LogP contribution in [0, 0.1) is 0 Å². The maximum absolute atomic E-state index is 10.6. The van der Waals surface area contributed by atoms with Crippen molar-refractivity contribution in [3.8, 4) is 0 Å². The molecule has 3 heteroatoms. The number of halogens is 2. The normalized spacial score (nSPS) is 6.80. The van der Waals surface area contributed by atoms with E-state index >= 15 is 0 Å². The summed E-state index contributed by atoms with van der Waals surface area (Å²) in [6.45, 7) is 0. The van der Waals surface area contributed by atoms with E-state index in [-0.39, 0.29) is 0 Å². The van der Waals surface area contributed by atoms with Crippen LogP contribution in [0.1, 0.15) is 0 Å². The van der Waals surface area contributed by atoms with Crippen LogP contribution >= 0.6 is 0 Å². The zero-order valence-electron chi connectivity index (χ0n) is 2.33. The lowest BCUT2D eigenvalue weighted by atomic mass is 11.1. The van der Waals surface area contributed by atoms with Crippen LogP contribution in [0.25, 0.3) is 0 Å². The fourth-order valence-electron chi connectivity index (χ4n) is 0. The van der Waals surface area contributed by atoms with Crippen molar-refractivity contribution < 1.29 is 8.78 Å². The molecule has 0 rings (SSSR count). The van der Waals surface area contributed by atoms with Gasteiger partial charge in [-0.15, -0.1) is 0 Å². The van der Waals surface area contributed by atoms with Crippen LogP contribution in [0.4, 0.5) is 8.78 Å². The van der Waals surface area contributed by atoms with Crippen LogP contribution < -0.4 is 0 Å². The van der Waals surface area contributed by atoms with Crippen LogP contribution in [-0.2, 0) is 0 Å². The van der Waals surface area contributed by atoms with Gasteiger partial charge in [-0.1, -0.05) is 0 Å². The van der Waals surface area contributed by atoms with E-state index in [9.17, 15) is 8.78 Å². The summed E-state index contributed by atoms with van der Waals surface area (Å²) in [6, 6.07) is 0. The van der Waals surface area contributed by atoms with Crippen molar-refractivity contribution in [3.63, 3.8) is 0 Å². The van der Waals surface area contributed by atoms with E-state index in [1.807, 2.05) is 0 Å². The molecule has 0 nitrogen and oxygen atoms in total. The van der Waals surface area contributed by atoms with Gasteiger partial charge < -0.3 is 0 Å². The minimum Gasteiger partial charge on any atom is -0.170 e. The van der Waals surface area contributed by atoms with Gasteiger partial charge in [-0.3, -0.25) is 0 Å². The van der Waals surface area contributed by atoms with Crippen LogP contribution in [0.15, 0.2) is 11.8 Å². The largest absolute Gasteiger partial charge is 0.751 e. The Morgan fingerprint density at radius 3 is 1.80 bits per heavy atom. The third-order valence-corrected chi connectivity index (χ3v) is 0.327. The zero-order chi connectivity index (χ0) is 4.28. The Kier molecular flexibility index (Phi) is 2.00. The lowest BCUT2D eigenvalue weighted by molar-refractivity contribution is 0.424. The molecule has 5 heavy (non-hydrogen) atoms. The summed E-state index contributed by atoms with van der Waals surface area (Å²) in [4.78, 5) is 0. The first kappa shape index (κ1) is 4.82. The number of hydrogen-bond donors (Lipinski definition) is 0. The van der Waals surface area contributed by atoms with Crippen LogP contribution in [0.5, 0.6) is 0 Å². The molecule has 0 aliphatic carbocycles. The van der Waals surface area contributed by atoms with Gasteiger partial charge in [0, 0.05) is 0 Å². The van der Waals surface area contributed by atoms with Gasteiger partial charge in [-0.25, -0.2) is 0 Å². The first-order chi connectivity index (χ1) is 2.27.